The van der Waals surface area contributed by atoms with E-state index in [0.717, 1.165) is 18.2 Å². The van der Waals surface area contributed by atoms with Crippen molar-refractivity contribution in [2.24, 2.45) is 5.92 Å². The van der Waals surface area contributed by atoms with Crippen LogP contribution in [0.5, 0.6) is 0 Å². The van der Waals surface area contributed by atoms with Crippen LogP contribution in [0, 0.1) is 5.92 Å². The molecule has 8 heteroatoms. The number of hydrogen-bond acceptors (Lipinski definition) is 5. The van der Waals surface area contributed by atoms with Crippen LogP contribution in [0.15, 0.2) is 30.9 Å². The first-order valence-corrected chi connectivity index (χ1v) is 7.06. The third-order valence-corrected chi connectivity index (χ3v) is 3.64. The fourth-order valence-corrected chi connectivity index (χ4v) is 2.34. The van der Waals surface area contributed by atoms with Gasteiger partial charge in [-0.25, -0.2) is 14.8 Å². The third kappa shape index (κ3) is 2.39. The molecule has 0 aliphatic heterocycles. The number of fused-ring (bicyclic) bond motifs is 1. The SMILES string of the molecule is O=C(O)c1cc2nccn2c(Nc2cnn(CC3CC3)c2)n1. The number of aromatic nitrogens is 5. The number of hydrogen-bond donors (Lipinski definition) is 2. The van der Waals surface area contributed by atoms with E-state index in [1.165, 1.54) is 18.9 Å². The topological polar surface area (TPSA) is 97.3 Å². The van der Waals surface area contributed by atoms with Crippen LogP contribution in [0.3, 0.4) is 0 Å². The van der Waals surface area contributed by atoms with Gasteiger partial charge in [0.25, 0.3) is 0 Å². The molecule has 112 valence electrons. The zero-order valence-electron chi connectivity index (χ0n) is 11.7. The van der Waals surface area contributed by atoms with Crippen LogP contribution in [0.2, 0.25) is 0 Å². The predicted molar refractivity (Wildman–Crippen MR) is 78.2 cm³/mol. The first-order valence-electron chi connectivity index (χ1n) is 7.06. The van der Waals surface area contributed by atoms with Gasteiger partial charge >= 0.3 is 5.97 Å². The lowest BCUT2D eigenvalue weighted by Gasteiger charge is -2.07. The van der Waals surface area contributed by atoms with Gasteiger partial charge < -0.3 is 10.4 Å². The molecule has 4 rings (SSSR count). The number of carboxylic acids is 1. The average Bonchev–Trinajstić information content (AvgIpc) is 2.99. The molecule has 1 fully saturated rings. The fraction of sp³-hybridized carbons (Fsp3) is 0.286. The molecule has 3 aromatic rings. The molecule has 0 aromatic carbocycles. The van der Waals surface area contributed by atoms with Gasteiger partial charge in [-0.1, -0.05) is 0 Å². The molecule has 22 heavy (non-hydrogen) atoms. The van der Waals surface area contributed by atoms with Crippen molar-refractivity contribution in [3.05, 3.63) is 36.5 Å². The maximum absolute atomic E-state index is 11.2. The van der Waals surface area contributed by atoms with E-state index >= 15 is 0 Å². The Morgan fingerprint density at radius 1 is 1.45 bits per heavy atom. The summed E-state index contributed by atoms with van der Waals surface area (Å²) in [6.45, 7) is 0.921. The number of nitrogens with zero attached hydrogens (tertiary/aromatic N) is 5. The average molecular weight is 298 g/mol. The molecule has 3 heterocycles. The van der Waals surface area contributed by atoms with Crippen molar-refractivity contribution in [2.75, 3.05) is 5.32 Å². The zero-order valence-corrected chi connectivity index (χ0v) is 11.7. The highest BCUT2D eigenvalue weighted by molar-refractivity contribution is 5.87. The monoisotopic (exact) mass is 298 g/mol. The molecular formula is C14H14N6O2. The standard InChI is InChI=1S/C14H14N6O2/c21-13(22)11-5-12-15-3-4-20(12)14(18-11)17-10-6-16-19(8-10)7-9-1-2-9/h3-6,8-9H,1-2,7H2,(H,17,18)(H,21,22). The lowest BCUT2D eigenvalue weighted by atomic mass is 10.4. The van der Waals surface area contributed by atoms with Crippen molar-refractivity contribution in [2.45, 2.75) is 19.4 Å². The molecule has 3 aromatic heterocycles. The molecule has 2 N–H and O–H groups in total. The minimum Gasteiger partial charge on any atom is -0.477 e. The Hall–Kier alpha value is -2.90. The summed E-state index contributed by atoms with van der Waals surface area (Å²) < 4.78 is 3.59. The first-order chi connectivity index (χ1) is 10.7. The van der Waals surface area contributed by atoms with Gasteiger partial charge in [0, 0.05) is 31.2 Å². The quantitative estimate of drug-likeness (QED) is 0.745. The van der Waals surface area contributed by atoms with Crippen molar-refractivity contribution >= 4 is 23.3 Å². The summed E-state index contributed by atoms with van der Waals surface area (Å²) in [4.78, 5) is 19.4. The van der Waals surface area contributed by atoms with E-state index in [0.29, 0.717) is 11.6 Å². The second-order valence-corrected chi connectivity index (χ2v) is 5.45. The molecule has 0 bridgehead atoms. The first kappa shape index (κ1) is 12.8. The minimum atomic E-state index is -1.09. The Balaban J connectivity index is 1.66. The van der Waals surface area contributed by atoms with Crippen molar-refractivity contribution in [3.8, 4) is 0 Å². The maximum atomic E-state index is 11.2. The van der Waals surface area contributed by atoms with Gasteiger partial charge in [-0.15, -0.1) is 0 Å². The summed E-state index contributed by atoms with van der Waals surface area (Å²) in [5, 5.41) is 16.5. The van der Waals surface area contributed by atoms with Crippen LogP contribution in [0.1, 0.15) is 23.3 Å². The fourth-order valence-electron chi connectivity index (χ4n) is 2.34. The number of carbonyl (C=O) groups is 1. The van der Waals surface area contributed by atoms with Crippen LogP contribution in [0.25, 0.3) is 5.65 Å². The molecule has 0 atom stereocenters. The van der Waals surface area contributed by atoms with E-state index in [1.807, 2.05) is 10.9 Å². The van der Waals surface area contributed by atoms with Crippen LogP contribution in [0.4, 0.5) is 11.6 Å². The highest BCUT2D eigenvalue weighted by atomic mass is 16.4. The molecule has 0 unspecified atom stereocenters. The van der Waals surface area contributed by atoms with Crippen molar-refractivity contribution in [1.29, 1.82) is 0 Å². The van der Waals surface area contributed by atoms with Gasteiger partial charge in [0.2, 0.25) is 5.95 Å². The smallest absolute Gasteiger partial charge is 0.354 e. The summed E-state index contributed by atoms with van der Waals surface area (Å²) >= 11 is 0. The predicted octanol–water partition coefficient (Wildman–Crippen LogP) is 1.78. The number of carboxylic acid groups (broad SMARTS) is 1. The van der Waals surface area contributed by atoms with E-state index in [2.05, 4.69) is 20.4 Å². The van der Waals surface area contributed by atoms with E-state index < -0.39 is 5.97 Å². The van der Waals surface area contributed by atoms with E-state index in [-0.39, 0.29) is 5.69 Å². The number of aromatic carboxylic acids is 1. The normalized spacial score (nSPS) is 14.4. The van der Waals surface area contributed by atoms with Crippen LogP contribution < -0.4 is 5.32 Å². The van der Waals surface area contributed by atoms with Crippen molar-refractivity contribution in [3.63, 3.8) is 0 Å². The van der Waals surface area contributed by atoms with Gasteiger partial charge in [0.1, 0.15) is 5.65 Å². The third-order valence-electron chi connectivity index (χ3n) is 3.64. The van der Waals surface area contributed by atoms with Crippen molar-refractivity contribution < 1.29 is 9.90 Å². The summed E-state index contributed by atoms with van der Waals surface area (Å²) in [6.07, 6.45) is 9.46. The van der Waals surface area contributed by atoms with Gasteiger partial charge in [-0.3, -0.25) is 9.08 Å². The Bertz CT molecular complexity index is 848. The van der Waals surface area contributed by atoms with Crippen LogP contribution in [-0.4, -0.2) is 35.2 Å². The molecule has 0 spiro atoms. The Morgan fingerprint density at radius 3 is 3.09 bits per heavy atom. The van der Waals surface area contributed by atoms with Gasteiger partial charge in [-0.05, 0) is 18.8 Å². The Labute approximate surface area is 125 Å². The largest absolute Gasteiger partial charge is 0.477 e. The van der Waals surface area contributed by atoms with E-state index in [4.69, 9.17) is 5.11 Å². The molecule has 1 aliphatic carbocycles. The second kappa shape index (κ2) is 4.83. The van der Waals surface area contributed by atoms with Gasteiger partial charge in [0.05, 0.1) is 11.9 Å². The van der Waals surface area contributed by atoms with Gasteiger partial charge in [0.15, 0.2) is 5.69 Å². The van der Waals surface area contributed by atoms with Gasteiger partial charge in [-0.2, -0.15) is 5.10 Å². The lowest BCUT2D eigenvalue weighted by Crippen LogP contribution is -2.07. The van der Waals surface area contributed by atoms with E-state index in [1.54, 1.807) is 23.0 Å². The summed E-state index contributed by atoms with van der Waals surface area (Å²) in [5.74, 6) is 0.0536. The molecule has 0 amide bonds. The lowest BCUT2D eigenvalue weighted by molar-refractivity contribution is 0.0690. The van der Waals surface area contributed by atoms with Crippen LogP contribution >= 0.6 is 0 Å². The molecular weight excluding hydrogens is 284 g/mol. The minimum absolute atomic E-state index is 0.0495. The molecule has 0 radical (unpaired) electrons. The molecule has 8 nitrogen and oxygen atoms in total. The second-order valence-electron chi connectivity index (χ2n) is 5.45. The molecule has 0 saturated heterocycles. The summed E-state index contributed by atoms with van der Waals surface area (Å²) in [7, 11) is 0. The highest BCUT2D eigenvalue weighted by Gasteiger charge is 2.22. The van der Waals surface area contributed by atoms with E-state index in [9.17, 15) is 4.79 Å². The van der Waals surface area contributed by atoms with Crippen LogP contribution in [-0.2, 0) is 6.54 Å². The maximum Gasteiger partial charge on any atom is 0.354 e. The highest BCUT2D eigenvalue weighted by Crippen LogP contribution is 2.30. The zero-order chi connectivity index (χ0) is 15.1. The number of anilines is 2. The number of imidazole rings is 1. The Kier molecular flexibility index (Phi) is 2.81. The number of nitrogens with one attached hydrogen (secondary N) is 1. The number of rotatable bonds is 5. The van der Waals surface area contributed by atoms with Crippen molar-refractivity contribution in [1.82, 2.24) is 24.1 Å². The summed E-state index contributed by atoms with van der Waals surface area (Å²) in [5.41, 5.74) is 1.25. The summed E-state index contributed by atoms with van der Waals surface area (Å²) in [6, 6.07) is 1.43. The Morgan fingerprint density at radius 2 is 2.32 bits per heavy atom. The molecule has 1 saturated carbocycles. The molecule has 1 aliphatic rings.